The van der Waals surface area contributed by atoms with Crippen molar-refractivity contribution >= 4 is 11.1 Å². The molecule has 2 aromatic rings. The molecule has 0 aromatic heterocycles. The van der Waals surface area contributed by atoms with E-state index in [2.05, 4.69) is 79.7 Å². The van der Waals surface area contributed by atoms with Crippen LogP contribution in [-0.2, 0) is 0 Å². The third kappa shape index (κ3) is 1.91. The molecule has 0 radical (unpaired) electrons. The third-order valence-corrected chi connectivity index (χ3v) is 3.47. The average molecular weight is 232 g/mol. The van der Waals surface area contributed by atoms with E-state index >= 15 is 0 Å². The van der Waals surface area contributed by atoms with Crippen molar-refractivity contribution in [2.45, 2.75) is 6.92 Å². The maximum atomic E-state index is 2.28. The topological polar surface area (TPSA) is 0 Å². The highest BCUT2D eigenvalue weighted by Crippen LogP contribution is 2.38. The van der Waals surface area contributed by atoms with Crippen molar-refractivity contribution in [1.82, 2.24) is 0 Å². The van der Waals surface area contributed by atoms with Crippen LogP contribution < -0.4 is 0 Å². The highest BCUT2D eigenvalue weighted by Gasteiger charge is 2.18. The average Bonchev–Trinajstić information content (AvgIpc) is 2.83. The van der Waals surface area contributed by atoms with E-state index in [9.17, 15) is 0 Å². The number of allylic oxidation sites excluding steroid dienone is 4. The first kappa shape index (κ1) is 11.0. The van der Waals surface area contributed by atoms with Crippen molar-refractivity contribution in [3.63, 3.8) is 0 Å². The SMILES string of the molecule is CC1C=CC(c2ccccc2)=C1c1ccccc1. The van der Waals surface area contributed by atoms with E-state index in [4.69, 9.17) is 0 Å². The summed E-state index contributed by atoms with van der Waals surface area (Å²) in [6, 6.07) is 21.3. The van der Waals surface area contributed by atoms with E-state index in [1.165, 1.54) is 22.3 Å². The number of hydrogen-bond acceptors (Lipinski definition) is 0. The van der Waals surface area contributed by atoms with Gasteiger partial charge in [0.15, 0.2) is 0 Å². The maximum Gasteiger partial charge on any atom is 0.000499 e. The minimum Gasteiger partial charge on any atom is -0.0766 e. The van der Waals surface area contributed by atoms with Gasteiger partial charge in [-0.2, -0.15) is 0 Å². The fourth-order valence-electron chi connectivity index (χ4n) is 2.58. The lowest BCUT2D eigenvalue weighted by Crippen LogP contribution is -1.93. The Labute approximate surface area is 108 Å². The van der Waals surface area contributed by atoms with Gasteiger partial charge in [-0.15, -0.1) is 0 Å². The van der Waals surface area contributed by atoms with Gasteiger partial charge >= 0.3 is 0 Å². The summed E-state index contributed by atoms with van der Waals surface area (Å²) in [6.07, 6.45) is 4.53. The van der Waals surface area contributed by atoms with Gasteiger partial charge in [-0.05, 0) is 22.3 Å². The fourth-order valence-corrected chi connectivity index (χ4v) is 2.58. The normalized spacial score (nSPS) is 18.4. The summed E-state index contributed by atoms with van der Waals surface area (Å²) in [5, 5.41) is 0. The van der Waals surface area contributed by atoms with E-state index in [0.29, 0.717) is 5.92 Å². The van der Waals surface area contributed by atoms with Gasteiger partial charge in [-0.1, -0.05) is 79.7 Å². The van der Waals surface area contributed by atoms with Gasteiger partial charge in [0.05, 0.1) is 0 Å². The quantitative estimate of drug-likeness (QED) is 0.697. The minimum atomic E-state index is 0.489. The summed E-state index contributed by atoms with van der Waals surface area (Å²) in [4.78, 5) is 0. The van der Waals surface area contributed by atoms with Gasteiger partial charge in [0, 0.05) is 5.92 Å². The Bertz CT molecular complexity index is 588. The zero-order valence-electron chi connectivity index (χ0n) is 10.5. The summed E-state index contributed by atoms with van der Waals surface area (Å²) in [5.41, 5.74) is 5.42. The Hall–Kier alpha value is -2.08. The summed E-state index contributed by atoms with van der Waals surface area (Å²) < 4.78 is 0. The smallest absolute Gasteiger partial charge is 0.000499 e. The van der Waals surface area contributed by atoms with E-state index in [1.807, 2.05) is 0 Å². The van der Waals surface area contributed by atoms with Crippen LogP contribution in [0.25, 0.3) is 11.1 Å². The van der Waals surface area contributed by atoms with Crippen LogP contribution in [0.4, 0.5) is 0 Å². The molecule has 1 aliphatic carbocycles. The van der Waals surface area contributed by atoms with Crippen LogP contribution >= 0.6 is 0 Å². The molecule has 88 valence electrons. The summed E-state index contributed by atoms with van der Waals surface area (Å²) in [7, 11) is 0. The largest absolute Gasteiger partial charge is 0.0766 e. The molecule has 0 saturated heterocycles. The molecular weight excluding hydrogens is 216 g/mol. The van der Waals surface area contributed by atoms with Gasteiger partial charge in [0.25, 0.3) is 0 Å². The second-order valence-corrected chi connectivity index (χ2v) is 4.71. The molecule has 3 rings (SSSR count). The second kappa shape index (κ2) is 4.66. The van der Waals surface area contributed by atoms with Crippen LogP contribution in [0.3, 0.4) is 0 Å². The molecule has 0 bridgehead atoms. The third-order valence-electron chi connectivity index (χ3n) is 3.47. The molecular formula is C18H16. The predicted octanol–water partition coefficient (Wildman–Crippen LogP) is 4.80. The standard InChI is InChI=1S/C18H16/c1-14-12-13-17(15-8-4-2-5-9-15)18(14)16-10-6-3-7-11-16/h2-14H,1H3. The first-order valence-electron chi connectivity index (χ1n) is 6.39. The van der Waals surface area contributed by atoms with Crippen LogP contribution in [0.2, 0.25) is 0 Å². The molecule has 2 aromatic carbocycles. The van der Waals surface area contributed by atoms with E-state index in [1.54, 1.807) is 0 Å². The summed E-state index contributed by atoms with van der Waals surface area (Å²) in [5.74, 6) is 0.489. The fraction of sp³-hybridized carbons (Fsp3) is 0.111. The molecule has 1 aliphatic rings. The van der Waals surface area contributed by atoms with Crippen LogP contribution in [0.15, 0.2) is 72.8 Å². The first-order chi connectivity index (χ1) is 8.86. The van der Waals surface area contributed by atoms with Crippen molar-refractivity contribution in [2.75, 3.05) is 0 Å². The summed E-state index contributed by atoms with van der Waals surface area (Å²) >= 11 is 0. The minimum absolute atomic E-state index is 0.489. The Morgan fingerprint density at radius 1 is 0.722 bits per heavy atom. The highest BCUT2D eigenvalue weighted by molar-refractivity contribution is 5.99. The summed E-state index contributed by atoms with van der Waals surface area (Å²) in [6.45, 7) is 2.26. The molecule has 0 N–H and O–H groups in total. The Morgan fingerprint density at radius 3 is 1.89 bits per heavy atom. The van der Waals surface area contributed by atoms with Crippen molar-refractivity contribution in [3.05, 3.63) is 83.9 Å². The lowest BCUT2D eigenvalue weighted by atomic mass is 9.92. The zero-order chi connectivity index (χ0) is 12.4. The molecule has 0 spiro atoms. The second-order valence-electron chi connectivity index (χ2n) is 4.71. The number of rotatable bonds is 2. The van der Waals surface area contributed by atoms with E-state index < -0.39 is 0 Å². The first-order valence-corrected chi connectivity index (χ1v) is 6.39. The molecule has 0 saturated carbocycles. The van der Waals surface area contributed by atoms with Crippen LogP contribution in [0.5, 0.6) is 0 Å². The molecule has 0 nitrogen and oxygen atoms in total. The molecule has 0 heterocycles. The van der Waals surface area contributed by atoms with Crippen molar-refractivity contribution in [2.24, 2.45) is 5.92 Å². The zero-order valence-corrected chi connectivity index (χ0v) is 10.5. The van der Waals surface area contributed by atoms with Crippen molar-refractivity contribution in [3.8, 4) is 0 Å². The Kier molecular flexibility index (Phi) is 2.85. The van der Waals surface area contributed by atoms with Crippen LogP contribution in [0.1, 0.15) is 18.1 Å². The van der Waals surface area contributed by atoms with Gasteiger partial charge in [-0.25, -0.2) is 0 Å². The molecule has 0 amide bonds. The lowest BCUT2D eigenvalue weighted by molar-refractivity contribution is 0.982. The molecule has 1 atom stereocenters. The number of benzene rings is 2. The van der Waals surface area contributed by atoms with Gasteiger partial charge in [-0.3, -0.25) is 0 Å². The molecule has 18 heavy (non-hydrogen) atoms. The van der Waals surface area contributed by atoms with Crippen molar-refractivity contribution in [1.29, 1.82) is 0 Å². The van der Waals surface area contributed by atoms with Gasteiger partial charge in [0.2, 0.25) is 0 Å². The Balaban J connectivity index is 2.15. The highest BCUT2D eigenvalue weighted by atomic mass is 14.2. The van der Waals surface area contributed by atoms with Gasteiger partial charge in [0.1, 0.15) is 0 Å². The molecule has 0 aliphatic heterocycles. The maximum absolute atomic E-state index is 2.28. The molecule has 1 unspecified atom stereocenters. The Morgan fingerprint density at radius 2 is 1.28 bits per heavy atom. The monoisotopic (exact) mass is 232 g/mol. The van der Waals surface area contributed by atoms with E-state index in [0.717, 1.165) is 0 Å². The predicted molar refractivity (Wildman–Crippen MR) is 78.0 cm³/mol. The van der Waals surface area contributed by atoms with E-state index in [-0.39, 0.29) is 0 Å². The lowest BCUT2D eigenvalue weighted by Gasteiger charge is -2.12. The number of hydrogen-bond donors (Lipinski definition) is 0. The van der Waals surface area contributed by atoms with Crippen LogP contribution in [-0.4, -0.2) is 0 Å². The molecule has 0 fully saturated rings. The molecule has 0 heteroatoms. The van der Waals surface area contributed by atoms with Crippen LogP contribution in [0, 0.1) is 5.92 Å². The van der Waals surface area contributed by atoms with Crippen molar-refractivity contribution < 1.29 is 0 Å². The van der Waals surface area contributed by atoms with Gasteiger partial charge < -0.3 is 0 Å².